The van der Waals surface area contributed by atoms with Gasteiger partial charge < -0.3 is 9.84 Å². The van der Waals surface area contributed by atoms with Crippen molar-refractivity contribution in [2.24, 2.45) is 5.92 Å². The van der Waals surface area contributed by atoms with Crippen LogP contribution in [0, 0.1) is 18.7 Å². The average Bonchev–Trinajstić information content (AvgIpc) is 2.32. The third-order valence-corrected chi connectivity index (χ3v) is 3.15. The minimum atomic E-state index is -0.850. The first-order valence-electron chi connectivity index (χ1n) is 5.70. The highest BCUT2D eigenvalue weighted by atomic mass is 19.1. The molecule has 3 nitrogen and oxygen atoms in total. The Morgan fingerprint density at radius 1 is 1.53 bits per heavy atom. The maximum Gasteiger partial charge on any atom is 0.309 e. The summed E-state index contributed by atoms with van der Waals surface area (Å²) in [6.07, 6.45) is 0.907. The molecule has 0 radical (unpaired) electrons. The Morgan fingerprint density at radius 2 is 2.29 bits per heavy atom. The first kappa shape index (κ1) is 12.0. The Bertz CT molecular complexity index is 431. The highest BCUT2D eigenvalue weighted by molar-refractivity contribution is 5.71. The summed E-state index contributed by atoms with van der Waals surface area (Å²) >= 11 is 0. The molecule has 1 aromatic carbocycles. The molecule has 1 saturated heterocycles. The van der Waals surface area contributed by atoms with Gasteiger partial charge >= 0.3 is 5.97 Å². The van der Waals surface area contributed by atoms with E-state index < -0.39 is 18.0 Å². The fraction of sp³-hybridized carbons (Fsp3) is 0.462. The van der Waals surface area contributed by atoms with Crippen LogP contribution in [0.1, 0.15) is 30.1 Å². The highest BCUT2D eigenvalue weighted by Gasteiger charge is 2.33. The van der Waals surface area contributed by atoms with E-state index in [1.54, 1.807) is 19.1 Å². The molecule has 1 aliphatic heterocycles. The number of aliphatic carboxylic acids is 1. The van der Waals surface area contributed by atoms with E-state index in [1.807, 2.05) is 0 Å². The van der Waals surface area contributed by atoms with Crippen molar-refractivity contribution in [1.82, 2.24) is 0 Å². The predicted octanol–water partition coefficient (Wildman–Crippen LogP) is 2.69. The summed E-state index contributed by atoms with van der Waals surface area (Å²) in [6.45, 7) is 2.22. The molecule has 17 heavy (non-hydrogen) atoms. The highest BCUT2D eigenvalue weighted by Crippen LogP contribution is 2.34. The summed E-state index contributed by atoms with van der Waals surface area (Å²) in [5.41, 5.74) is 1.26. The zero-order valence-corrected chi connectivity index (χ0v) is 9.65. The van der Waals surface area contributed by atoms with Crippen LogP contribution >= 0.6 is 0 Å². The Kier molecular flexibility index (Phi) is 3.43. The van der Waals surface area contributed by atoms with E-state index in [-0.39, 0.29) is 5.82 Å². The minimum absolute atomic E-state index is 0.281. The first-order chi connectivity index (χ1) is 8.09. The lowest BCUT2D eigenvalue weighted by Gasteiger charge is -2.29. The summed E-state index contributed by atoms with van der Waals surface area (Å²) in [7, 11) is 0. The second-order valence-electron chi connectivity index (χ2n) is 4.39. The molecule has 92 valence electrons. The molecular formula is C13H15FO3. The number of rotatable bonds is 2. The third-order valence-electron chi connectivity index (χ3n) is 3.15. The molecule has 1 aromatic rings. The molecule has 0 bridgehead atoms. The number of carbonyl (C=O) groups is 1. The van der Waals surface area contributed by atoms with Crippen molar-refractivity contribution < 1.29 is 19.0 Å². The molecule has 4 heteroatoms. The molecule has 0 saturated carbocycles. The third kappa shape index (κ3) is 2.47. The van der Waals surface area contributed by atoms with E-state index in [2.05, 4.69) is 0 Å². The van der Waals surface area contributed by atoms with Crippen LogP contribution in [0.5, 0.6) is 0 Å². The zero-order chi connectivity index (χ0) is 12.4. The molecule has 2 unspecified atom stereocenters. The van der Waals surface area contributed by atoms with Gasteiger partial charge in [-0.2, -0.15) is 0 Å². The van der Waals surface area contributed by atoms with Crippen molar-refractivity contribution in [3.8, 4) is 0 Å². The minimum Gasteiger partial charge on any atom is -0.481 e. The van der Waals surface area contributed by atoms with Gasteiger partial charge in [0, 0.05) is 6.61 Å². The molecule has 0 amide bonds. The summed E-state index contributed by atoms with van der Waals surface area (Å²) < 4.78 is 18.7. The lowest BCUT2D eigenvalue weighted by atomic mass is 9.89. The van der Waals surface area contributed by atoms with Gasteiger partial charge in [0.05, 0.1) is 12.0 Å². The quantitative estimate of drug-likeness (QED) is 0.861. The number of carboxylic acid groups (broad SMARTS) is 1. The maximum atomic E-state index is 13.2. The summed E-state index contributed by atoms with van der Waals surface area (Å²) in [4.78, 5) is 11.1. The lowest BCUT2D eigenvalue weighted by Crippen LogP contribution is -2.28. The monoisotopic (exact) mass is 238 g/mol. The Hall–Kier alpha value is -1.42. The molecule has 0 aliphatic carbocycles. The van der Waals surface area contributed by atoms with E-state index >= 15 is 0 Å². The first-order valence-corrected chi connectivity index (χ1v) is 5.70. The molecule has 2 atom stereocenters. The summed E-state index contributed by atoms with van der Waals surface area (Å²) in [6, 6.07) is 4.64. The standard InChI is InChI=1S/C13H15FO3/c1-8-7-9(4-5-11(8)14)12-10(13(15)16)3-2-6-17-12/h4-5,7,10,12H,2-3,6H2,1H3,(H,15,16). The summed E-state index contributed by atoms with van der Waals surface area (Å²) in [5.74, 6) is -1.67. The van der Waals surface area contributed by atoms with E-state index in [4.69, 9.17) is 9.84 Å². The number of ether oxygens (including phenoxy) is 1. The molecule has 1 fully saturated rings. The number of hydrogen-bond acceptors (Lipinski definition) is 2. The molecular weight excluding hydrogens is 223 g/mol. The number of hydrogen-bond donors (Lipinski definition) is 1. The zero-order valence-electron chi connectivity index (χ0n) is 9.65. The van der Waals surface area contributed by atoms with Crippen LogP contribution in [0.3, 0.4) is 0 Å². The molecule has 0 spiro atoms. The molecule has 0 aromatic heterocycles. The fourth-order valence-corrected chi connectivity index (χ4v) is 2.21. The summed E-state index contributed by atoms with van der Waals surface area (Å²) in [5, 5.41) is 9.14. The van der Waals surface area contributed by atoms with E-state index in [9.17, 15) is 9.18 Å². The van der Waals surface area contributed by atoms with Gasteiger partial charge in [-0.3, -0.25) is 4.79 Å². The van der Waals surface area contributed by atoms with Gasteiger partial charge in [-0.1, -0.05) is 12.1 Å². The van der Waals surface area contributed by atoms with Gasteiger partial charge in [0.25, 0.3) is 0 Å². The largest absolute Gasteiger partial charge is 0.481 e. The maximum absolute atomic E-state index is 13.2. The van der Waals surface area contributed by atoms with Crippen molar-refractivity contribution in [3.63, 3.8) is 0 Å². The van der Waals surface area contributed by atoms with Crippen LogP contribution in [0.2, 0.25) is 0 Å². The van der Waals surface area contributed by atoms with Crippen molar-refractivity contribution in [1.29, 1.82) is 0 Å². The second-order valence-corrected chi connectivity index (χ2v) is 4.39. The van der Waals surface area contributed by atoms with Gasteiger partial charge in [0.2, 0.25) is 0 Å². The molecule has 2 rings (SSSR count). The topological polar surface area (TPSA) is 46.5 Å². The molecule has 1 aliphatic rings. The van der Waals surface area contributed by atoms with Gasteiger partial charge in [-0.15, -0.1) is 0 Å². The van der Waals surface area contributed by atoms with Gasteiger partial charge in [0.15, 0.2) is 0 Å². The van der Waals surface area contributed by atoms with Crippen molar-refractivity contribution >= 4 is 5.97 Å². The Balaban J connectivity index is 2.29. The van der Waals surface area contributed by atoms with E-state index in [0.717, 1.165) is 12.0 Å². The van der Waals surface area contributed by atoms with E-state index in [1.165, 1.54) is 6.07 Å². The number of benzene rings is 1. The average molecular weight is 238 g/mol. The fourth-order valence-electron chi connectivity index (χ4n) is 2.21. The van der Waals surface area contributed by atoms with Crippen LogP contribution < -0.4 is 0 Å². The van der Waals surface area contributed by atoms with Crippen LogP contribution in [0.25, 0.3) is 0 Å². The number of carboxylic acids is 1. The molecule has 1 N–H and O–H groups in total. The van der Waals surface area contributed by atoms with Gasteiger partial charge in [0.1, 0.15) is 5.82 Å². The van der Waals surface area contributed by atoms with Gasteiger partial charge in [-0.05, 0) is 37.0 Å². The second kappa shape index (κ2) is 4.84. The lowest BCUT2D eigenvalue weighted by molar-refractivity contribution is -0.151. The van der Waals surface area contributed by atoms with Crippen molar-refractivity contribution in [2.45, 2.75) is 25.9 Å². The van der Waals surface area contributed by atoms with E-state index in [0.29, 0.717) is 18.6 Å². The van der Waals surface area contributed by atoms with Crippen LogP contribution in [-0.4, -0.2) is 17.7 Å². The van der Waals surface area contributed by atoms with Crippen LogP contribution in [0.15, 0.2) is 18.2 Å². The van der Waals surface area contributed by atoms with Crippen LogP contribution in [0.4, 0.5) is 4.39 Å². The predicted molar refractivity (Wildman–Crippen MR) is 60.2 cm³/mol. The SMILES string of the molecule is Cc1cc(C2OCCCC2C(=O)O)ccc1F. The van der Waals surface area contributed by atoms with Crippen molar-refractivity contribution in [3.05, 3.63) is 35.1 Å². The molecule has 1 heterocycles. The Labute approximate surface area is 99.2 Å². The number of aryl methyl sites for hydroxylation is 1. The van der Waals surface area contributed by atoms with Crippen LogP contribution in [-0.2, 0) is 9.53 Å². The Morgan fingerprint density at radius 3 is 2.94 bits per heavy atom. The van der Waals surface area contributed by atoms with Crippen molar-refractivity contribution in [2.75, 3.05) is 6.61 Å². The van der Waals surface area contributed by atoms with Gasteiger partial charge in [-0.25, -0.2) is 4.39 Å². The number of halogens is 1. The smallest absolute Gasteiger partial charge is 0.309 e. The normalized spacial score (nSPS) is 24.6.